The second-order valence-electron chi connectivity index (χ2n) is 4.36. The van der Waals surface area contributed by atoms with Crippen LogP contribution in [-0.4, -0.2) is 48.3 Å². The molecule has 0 unspecified atom stereocenters. The summed E-state index contributed by atoms with van der Waals surface area (Å²) in [7, 11) is 0. The number of urea groups is 1. The Balaban J connectivity index is 2.08. The van der Waals surface area contributed by atoms with E-state index in [2.05, 4.69) is 5.32 Å². The lowest BCUT2D eigenvalue weighted by Gasteiger charge is -2.27. The van der Waals surface area contributed by atoms with E-state index in [0.29, 0.717) is 37.6 Å². The fourth-order valence-electron chi connectivity index (χ4n) is 1.90. The van der Waals surface area contributed by atoms with E-state index in [9.17, 15) is 9.59 Å². The minimum absolute atomic E-state index is 0.194. The summed E-state index contributed by atoms with van der Waals surface area (Å²) in [6, 6.07) is 4.61. The van der Waals surface area contributed by atoms with Gasteiger partial charge in [-0.1, -0.05) is 6.07 Å². The van der Waals surface area contributed by atoms with Crippen molar-refractivity contribution in [2.75, 3.05) is 31.6 Å². The van der Waals surface area contributed by atoms with Gasteiger partial charge in [0, 0.05) is 18.8 Å². The standard InChI is InChI=1S/C13H16N2O4/c1-9-2-3-10(8-11(9)12(16)17)14-13(18)15-4-6-19-7-5-15/h2-3,8H,4-7H2,1H3,(H,14,18)(H,16,17). The number of nitrogens with zero attached hydrogens (tertiary/aromatic N) is 1. The van der Waals surface area contributed by atoms with Crippen molar-refractivity contribution in [1.82, 2.24) is 4.90 Å². The zero-order valence-electron chi connectivity index (χ0n) is 10.7. The molecule has 1 aliphatic rings. The highest BCUT2D eigenvalue weighted by molar-refractivity contribution is 5.94. The molecule has 1 aliphatic heterocycles. The van der Waals surface area contributed by atoms with Crippen molar-refractivity contribution in [2.24, 2.45) is 0 Å². The monoisotopic (exact) mass is 264 g/mol. The van der Waals surface area contributed by atoms with E-state index in [-0.39, 0.29) is 11.6 Å². The number of ether oxygens (including phenoxy) is 1. The molecular formula is C13H16N2O4. The van der Waals surface area contributed by atoms with Gasteiger partial charge in [-0.2, -0.15) is 0 Å². The van der Waals surface area contributed by atoms with Crippen LogP contribution in [0.25, 0.3) is 0 Å². The first-order valence-electron chi connectivity index (χ1n) is 6.05. The lowest BCUT2D eigenvalue weighted by Crippen LogP contribution is -2.43. The number of rotatable bonds is 2. The largest absolute Gasteiger partial charge is 0.478 e. The second kappa shape index (κ2) is 5.71. The van der Waals surface area contributed by atoms with Gasteiger partial charge in [0.2, 0.25) is 0 Å². The molecule has 1 aromatic rings. The van der Waals surface area contributed by atoms with Gasteiger partial charge in [0.1, 0.15) is 0 Å². The number of benzene rings is 1. The molecule has 2 amide bonds. The highest BCUT2D eigenvalue weighted by Crippen LogP contribution is 2.16. The molecule has 2 N–H and O–H groups in total. The van der Waals surface area contributed by atoms with Gasteiger partial charge in [-0.3, -0.25) is 0 Å². The number of nitrogens with one attached hydrogen (secondary N) is 1. The summed E-state index contributed by atoms with van der Waals surface area (Å²) >= 11 is 0. The van der Waals surface area contributed by atoms with Crippen LogP contribution < -0.4 is 5.32 Å². The first-order valence-corrected chi connectivity index (χ1v) is 6.05. The molecule has 102 valence electrons. The number of hydrogen-bond donors (Lipinski definition) is 2. The zero-order chi connectivity index (χ0) is 13.8. The average Bonchev–Trinajstić information content (AvgIpc) is 2.41. The first-order chi connectivity index (χ1) is 9.08. The average molecular weight is 264 g/mol. The molecule has 0 spiro atoms. The van der Waals surface area contributed by atoms with E-state index in [0.717, 1.165) is 0 Å². The number of hydrogen-bond acceptors (Lipinski definition) is 3. The number of carboxylic acids is 1. The van der Waals surface area contributed by atoms with E-state index in [4.69, 9.17) is 9.84 Å². The molecular weight excluding hydrogens is 248 g/mol. The molecule has 0 radical (unpaired) electrons. The summed E-state index contributed by atoms with van der Waals surface area (Å²) in [6.45, 7) is 3.87. The molecule has 2 rings (SSSR count). The van der Waals surface area contributed by atoms with Gasteiger partial charge >= 0.3 is 12.0 Å². The van der Waals surface area contributed by atoms with Crippen molar-refractivity contribution in [1.29, 1.82) is 0 Å². The molecule has 1 fully saturated rings. The van der Waals surface area contributed by atoms with Crippen LogP contribution in [0.1, 0.15) is 15.9 Å². The summed E-state index contributed by atoms with van der Waals surface area (Å²) in [6.07, 6.45) is 0. The quantitative estimate of drug-likeness (QED) is 0.849. The Morgan fingerprint density at radius 1 is 1.32 bits per heavy atom. The summed E-state index contributed by atoms with van der Waals surface area (Å²) in [5.74, 6) is -1.00. The number of anilines is 1. The Morgan fingerprint density at radius 2 is 2.00 bits per heavy atom. The van der Waals surface area contributed by atoms with Crippen LogP contribution in [0.15, 0.2) is 18.2 Å². The van der Waals surface area contributed by atoms with Crippen LogP contribution in [0.5, 0.6) is 0 Å². The number of aryl methyl sites for hydroxylation is 1. The Bertz CT molecular complexity index is 495. The molecule has 6 heteroatoms. The maximum Gasteiger partial charge on any atom is 0.336 e. The van der Waals surface area contributed by atoms with Crippen molar-refractivity contribution < 1.29 is 19.4 Å². The van der Waals surface area contributed by atoms with E-state index >= 15 is 0 Å². The number of aromatic carboxylic acids is 1. The van der Waals surface area contributed by atoms with Crippen molar-refractivity contribution >= 4 is 17.7 Å². The lowest BCUT2D eigenvalue weighted by atomic mass is 10.1. The topological polar surface area (TPSA) is 78.9 Å². The van der Waals surface area contributed by atoms with Crippen molar-refractivity contribution in [3.8, 4) is 0 Å². The molecule has 0 bridgehead atoms. The van der Waals surface area contributed by atoms with Crippen molar-refractivity contribution in [3.05, 3.63) is 29.3 Å². The summed E-state index contributed by atoms with van der Waals surface area (Å²) < 4.78 is 5.17. The summed E-state index contributed by atoms with van der Waals surface area (Å²) in [4.78, 5) is 24.6. The fourth-order valence-corrected chi connectivity index (χ4v) is 1.90. The van der Waals surface area contributed by atoms with Crippen molar-refractivity contribution in [3.63, 3.8) is 0 Å². The molecule has 1 saturated heterocycles. The molecule has 0 atom stereocenters. The van der Waals surface area contributed by atoms with E-state index < -0.39 is 5.97 Å². The van der Waals surface area contributed by atoms with E-state index in [1.165, 1.54) is 6.07 Å². The number of amides is 2. The summed E-state index contributed by atoms with van der Waals surface area (Å²) in [5.41, 5.74) is 1.34. The Kier molecular flexibility index (Phi) is 4.01. The normalized spacial score (nSPS) is 15.1. The highest BCUT2D eigenvalue weighted by Gasteiger charge is 2.17. The van der Waals surface area contributed by atoms with Crippen LogP contribution >= 0.6 is 0 Å². The number of carbonyl (C=O) groups is 2. The number of morpholine rings is 1. The maximum atomic E-state index is 11.9. The van der Waals surface area contributed by atoms with Gasteiger partial charge in [0.25, 0.3) is 0 Å². The van der Waals surface area contributed by atoms with Crippen molar-refractivity contribution in [2.45, 2.75) is 6.92 Å². The lowest BCUT2D eigenvalue weighted by molar-refractivity contribution is 0.0564. The first kappa shape index (κ1) is 13.4. The minimum Gasteiger partial charge on any atom is -0.478 e. The van der Waals surface area contributed by atoms with E-state index in [1.807, 2.05) is 0 Å². The Labute approximate surface area is 111 Å². The second-order valence-corrected chi connectivity index (χ2v) is 4.36. The van der Waals surface area contributed by atoms with Gasteiger partial charge in [-0.25, -0.2) is 9.59 Å². The van der Waals surface area contributed by atoms with Gasteiger partial charge < -0.3 is 20.1 Å². The van der Waals surface area contributed by atoms with Crippen LogP contribution in [0.4, 0.5) is 10.5 Å². The molecule has 0 aromatic heterocycles. The maximum absolute atomic E-state index is 11.9. The molecule has 0 aliphatic carbocycles. The molecule has 6 nitrogen and oxygen atoms in total. The summed E-state index contributed by atoms with van der Waals surface area (Å²) in [5, 5.41) is 11.7. The molecule has 0 saturated carbocycles. The predicted octanol–water partition coefficient (Wildman–Crippen LogP) is 1.56. The molecule has 1 heterocycles. The number of carbonyl (C=O) groups excluding carboxylic acids is 1. The zero-order valence-corrected chi connectivity index (χ0v) is 10.7. The van der Waals surface area contributed by atoms with Gasteiger partial charge in [0.05, 0.1) is 18.8 Å². The van der Waals surface area contributed by atoms with Crippen LogP contribution in [0, 0.1) is 6.92 Å². The Hall–Kier alpha value is -2.08. The fraction of sp³-hybridized carbons (Fsp3) is 0.385. The smallest absolute Gasteiger partial charge is 0.336 e. The Morgan fingerprint density at radius 3 is 2.63 bits per heavy atom. The minimum atomic E-state index is -1.00. The van der Waals surface area contributed by atoms with Gasteiger partial charge in [0.15, 0.2) is 0 Å². The molecule has 19 heavy (non-hydrogen) atoms. The van der Waals surface area contributed by atoms with Crippen LogP contribution in [-0.2, 0) is 4.74 Å². The van der Waals surface area contributed by atoms with E-state index in [1.54, 1.807) is 24.0 Å². The van der Waals surface area contributed by atoms with Crippen LogP contribution in [0.3, 0.4) is 0 Å². The third-order valence-corrected chi connectivity index (χ3v) is 3.02. The predicted molar refractivity (Wildman–Crippen MR) is 69.5 cm³/mol. The van der Waals surface area contributed by atoms with Crippen LogP contribution in [0.2, 0.25) is 0 Å². The van der Waals surface area contributed by atoms with Gasteiger partial charge in [-0.05, 0) is 24.6 Å². The number of carboxylic acid groups (broad SMARTS) is 1. The third kappa shape index (κ3) is 3.23. The SMILES string of the molecule is Cc1ccc(NC(=O)N2CCOCC2)cc1C(=O)O. The third-order valence-electron chi connectivity index (χ3n) is 3.02. The highest BCUT2D eigenvalue weighted by atomic mass is 16.5. The molecule has 1 aromatic carbocycles. The van der Waals surface area contributed by atoms with Gasteiger partial charge in [-0.15, -0.1) is 0 Å².